The van der Waals surface area contributed by atoms with Crippen molar-refractivity contribution in [1.82, 2.24) is 15.1 Å². The fourth-order valence-corrected chi connectivity index (χ4v) is 6.43. The van der Waals surface area contributed by atoms with Gasteiger partial charge >= 0.3 is 0 Å². The molecule has 0 saturated carbocycles. The highest BCUT2D eigenvalue weighted by molar-refractivity contribution is 5.96. The molecular weight excluding hydrogens is 470 g/mol. The minimum Gasteiger partial charge on any atom is -0.493 e. The Hall–Kier alpha value is -2.11. The molecular formula is C33H53N3O2. The molecule has 1 aromatic rings. The molecule has 0 radical (unpaired) electrons. The molecule has 1 fully saturated rings. The standard InChI is InChI=1S/C33H53N3O2/c1-9-13-30-22-29(34-33(37)28-15-12-14-23(2)20-28)21-24(3)36(30)27(6)31-16-17-32(26(5)25(31)4)38-19-11-10-18-35(7)8/h15-17,20,24,27,29-30H,9-14,18-19,21-22H2,1-8H3,(H,34,37). The Balaban J connectivity index is 1.68. The number of amides is 1. The monoisotopic (exact) mass is 523 g/mol. The third kappa shape index (κ3) is 7.95. The van der Waals surface area contributed by atoms with Gasteiger partial charge in [0, 0.05) is 29.7 Å². The molecule has 1 saturated heterocycles. The zero-order chi connectivity index (χ0) is 27.8. The molecule has 1 heterocycles. The van der Waals surface area contributed by atoms with E-state index in [0.717, 1.165) is 75.8 Å². The minimum absolute atomic E-state index is 0.0989. The quantitative estimate of drug-likeness (QED) is 0.303. The summed E-state index contributed by atoms with van der Waals surface area (Å²) in [5.41, 5.74) is 6.13. The topological polar surface area (TPSA) is 44.8 Å². The van der Waals surface area contributed by atoms with Crippen LogP contribution in [0.25, 0.3) is 0 Å². The van der Waals surface area contributed by atoms with E-state index in [1.165, 1.54) is 22.3 Å². The maximum absolute atomic E-state index is 13.0. The lowest BCUT2D eigenvalue weighted by Gasteiger charge is -2.48. The highest BCUT2D eigenvalue weighted by Crippen LogP contribution is 2.37. The van der Waals surface area contributed by atoms with Crippen LogP contribution in [0, 0.1) is 13.8 Å². The van der Waals surface area contributed by atoms with Crippen molar-refractivity contribution in [1.29, 1.82) is 0 Å². The van der Waals surface area contributed by atoms with Gasteiger partial charge in [0.2, 0.25) is 0 Å². The summed E-state index contributed by atoms with van der Waals surface area (Å²) in [5.74, 6) is 1.12. The number of carbonyl (C=O) groups excluding carboxylic acids is 1. The first-order valence-electron chi connectivity index (χ1n) is 15.0. The maximum Gasteiger partial charge on any atom is 0.251 e. The van der Waals surface area contributed by atoms with Crippen LogP contribution in [-0.4, -0.2) is 61.1 Å². The third-order valence-corrected chi connectivity index (χ3v) is 8.57. The Morgan fingerprint density at radius 2 is 1.92 bits per heavy atom. The summed E-state index contributed by atoms with van der Waals surface area (Å²) in [6, 6.07) is 5.85. The summed E-state index contributed by atoms with van der Waals surface area (Å²) in [6.07, 6.45) is 12.7. The zero-order valence-electron chi connectivity index (χ0n) is 25.4. The van der Waals surface area contributed by atoms with E-state index in [1.54, 1.807) is 0 Å². The van der Waals surface area contributed by atoms with E-state index in [-0.39, 0.29) is 11.9 Å². The fraction of sp³-hybridized carbons (Fsp3) is 0.667. The predicted molar refractivity (Wildman–Crippen MR) is 160 cm³/mol. The van der Waals surface area contributed by atoms with Crippen LogP contribution in [0.4, 0.5) is 0 Å². The summed E-state index contributed by atoms with van der Waals surface area (Å²) in [7, 11) is 4.23. The van der Waals surface area contributed by atoms with Crippen molar-refractivity contribution in [2.24, 2.45) is 0 Å². The number of piperidine rings is 1. The van der Waals surface area contributed by atoms with Gasteiger partial charge in [-0.15, -0.1) is 0 Å². The van der Waals surface area contributed by atoms with Crippen molar-refractivity contribution in [3.8, 4) is 5.75 Å². The molecule has 212 valence electrons. The molecule has 5 nitrogen and oxygen atoms in total. The molecule has 4 unspecified atom stereocenters. The van der Waals surface area contributed by atoms with E-state index in [2.05, 4.69) is 95.0 Å². The van der Waals surface area contributed by atoms with Gasteiger partial charge < -0.3 is 15.0 Å². The lowest BCUT2D eigenvalue weighted by atomic mass is 9.85. The summed E-state index contributed by atoms with van der Waals surface area (Å²) in [6.45, 7) is 15.4. The molecule has 1 aliphatic heterocycles. The van der Waals surface area contributed by atoms with Gasteiger partial charge in [-0.1, -0.05) is 37.1 Å². The number of allylic oxidation sites excluding steroid dienone is 2. The van der Waals surface area contributed by atoms with Gasteiger partial charge in [0.15, 0.2) is 0 Å². The van der Waals surface area contributed by atoms with E-state index < -0.39 is 0 Å². The highest BCUT2D eigenvalue weighted by Gasteiger charge is 2.37. The number of likely N-dealkylation sites (tertiary alicyclic amines) is 1. The Kier molecular flexibility index (Phi) is 11.5. The normalized spacial score (nSPS) is 23.1. The Morgan fingerprint density at radius 1 is 1.16 bits per heavy atom. The average Bonchev–Trinajstić information content (AvgIpc) is 2.86. The van der Waals surface area contributed by atoms with E-state index in [9.17, 15) is 4.79 Å². The van der Waals surface area contributed by atoms with Crippen LogP contribution < -0.4 is 10.1 Å². The number of hydrogen-bond donors (Lipinski definition) is 1. The average molecular weight is 524 g/mol. The van der Waals surface area contributed by atoms with Crippen molar-refractivity contribution in [3.05, 3.63) is 52.1 Å². The smallest absolute Gasteiger partial charge is 0.251 e. The van der Waals surface area contributed by atoms with Gasteiger partial charge in [-0.25, -0.2) is 0 Å². The van der Waals surface area contributed by atoms with Crippen LogP contribution in [0.5, 0.6) is 5.75 Å². The van der Waals surface area contributed by atoms with Crippen molar-refractivity contribution < 1.29 is 9.53 Å². The van der Waals surface area contributed by atoms with Gasteiger partial charge in [-0.2, -0.15) is 0 Å². The van der Waals surface area contributed by atoms with Crippen molar-refractivity contribution in [2.45, 2.75) is 117 Å². The molecule has 1 aliphatic carbocycles. The van der Waals surface area contributed by atoms with Crippen LogP contribution in [0.15, 0.2) is 35.4 Å². The Bertz CT molecular complexity index is 996. The van der Waals surface area contributed by atoms with Gasteiger partial charge in [0.25, 0.3) is 5.91 Å². The first-order chi connectivity index (χ1) is 18.1. The predicted octanol–water partition coefficient (Wildman–Crippen LogP) is 6.89. The summed E-state index contributed by atoms with van der Waals surface area (Å²) < 4.78 is 6.19. The molecule has 1 amide bonds. The second kappa shape index (κ2) is 14.3. The molecule has 5 heteroatoms. The number of rotatable bonds is 12. The summed E-state index contributed by atoms with van der Waals surface area (Å²) in [4.78, 5) is 18.0. The van der Waals surface area contributed by atoms with Crippen LogP contribution in [0.2, 0.25) is 0 Å². The SMILES string of the molecule is CCCC1CC(NC(=O)C2=CCCC(C)=C2)CC(C)N1C(C)c1ccc(OCCCCN(C)C)c(C)c1C. The number of carbonyl (C=O) groups is 1. The second-order valence-corrected chi connectivity index (χ2v) is 12.0. The van der Waals surface area contributed by atoms with E-state index in [1.807, 2.05) is 0 Å². The molecule has 0 spiro atoms. The largest absolute Gasteiger partial charge is 0.493 e. The van der Waals surface area contributed by atoms with Gasteiger partial charge in [-0.3, -0.25) is 9.69 Å². The van der Waals surface area contributed by atoms with Gasteiger partial charge in [-0.05, 0) is 123 Å². The van der Waals surface area contributed by atoms with Gasteiger partial charge in [0.05, 0.1) is 6.61 Å². The zero-order valence-corrected chi connectivity index (χ0v) is 25.4. The van der Waals surface area contributed by atoms with Crippen LogP contribution in [0.1, 0.15) is 102 Å². The first-order valence-corrected chi connectivity index (χ1v) is 15.0. The molecule has 1 N–H and O–H groups in total. The molecule has 4 atom stereocenters. The number of nitrogens with one attached hydrogen (secondary N) is 1. The number of ether oxygens (including phenoxy) is 1. The van der Waals surface area contributed by atoms with Gasteiger partial charge in [0.1, 0.15) is 5.75 Å². The molecule has 0 aromatic heterocycles. The van der Waals surface area contributed by atoms with E-state index >= 15 is 0 Å². The molecule has 0 bridgehead atoms. The van der Waals surface area contributed by atoms with E-state index in [4.69, 9.17) is 4.74 Å². The second-order valence-electron chi connectivity index (χ2n) is 12.0. The van der Waals surface area contributed by atoms with Crippen LogP contribution in [0.3, 0.4) is 0 Å². The number of unbranched alkanes of at least 4 members (excludes halogenated alkanes) is 1. The number of nitrogens with zero attached hydrogens (tertiary/aromatic N) is 2. The summed E-state index contributed by atoms with van der Waals surface area (Å²) in [5, 5.41) is 3.39. The highest BCUT2D eigenvalue weighted by atomic mass is 16.5. The lowest BCUT2D eigenvalue weighted by Crippen LogP contribution is -2.54. The van der Waals surface area contributed by atoms with Crippen LogP contribution in [-0.2, 0) is 4.79 Å². The molecule has 38 heavy (non-hydrogen) atoms. The number of hydrogen-bond acceptors (Lipinski definition) is 4. The minimum atomic E-state index is 0.0989. The van der Waals surface area contributed by atoms with Crippen molar-refractivity contribution >= 4 is 5.91 Å². The Morgan fingerprint density at radius 3 is 2.61 bits per heavy atom. The maximum atomic E-state index is 13.0. The Labute approximate surface area is 232 Å². The lowest BCUT2D eigenvalue weighted by molar-refractivity contribution is -0.118. The van der Waals surface area contributed by atoms with Crippen LogP contribution >= 0.6 is 0 Å². The molecule has 1 aromatic carbocycles. The van der Waals surface area contributed by atoms with Crippen molar-refractivity contribution in [3.63, 3.8) is 0 Å². The van der Waals surface area contributed by atoms with Crippen molar-refractivity contribution in [2.75, 3.05) is 27.2 Å². The fourth-order valence-electron chi connectivity index (χ4n) is 6.43. The first kappa shape index (κ1) is 30.4. The molecule has 3 rings (SSSR count). The molecule has 2 aliphatic rings. The summed E-state index contributed by atoms with van der Waals surface area (Å²) >= 11 is 0. The number of benzene rings is 1. The third-order valence-electron chi connectivity index (χ3n) is 8.57. The van der Waals surface area contributed by atoms with E-state index in [0.29, 0.717) is 18.1 Å².